The van der Waals surface area contributed by atoms with Crippen molar-refractivity contribution in [2.24, 2.45) is 11.7 Å². The van der Waals surface area contributed by atoms with Crippen molar-refractivity contribution in [2.75, 3.05) is 13.2 Å². The maximum absolute atomic E-state index is 12.7. The lowest BCUT2D eigenvalue weighted by Gasteiger charge is -2.25. The van der Waals surface area contributed by atoms with Crippen LogP contribution in [0.5, 0.6) is 5.75 Å². The van der Waals surface area contributed by atoms with Gasteiger partial charge in [0.25, 0.3) is 0 Å². The molecule has 5 nitrogen and oxygen atoms in total. The van der Waals surface area contributed by atoms with Gasteiger partial charge in [-0.25, -0.2) is 0 Å². The number of amides is 1. The number of para-hydroxylation sites is 1. The molecule has 1 aromatic carbocycles. The summed E-state index contributed by atoms with van der Waals surface area (Å²) in [7, 11) is 0. The number of ether oxygens (including phenoxy) is 2. The predicted octanol–water partition coefficient (Wildman–Crippen LogP) is 3.19. The zero-order chi connectivity index (χ0) is 18.2. The topological polar surface area (TPSA) is 73.6 Å². The number of benzene rings is 1. The molecule has 3 N–H and O–H groups in total. The van der Waals surface area contributed by atoms with Crippen LogP contribution in [0.3, 0.4) is 0 Å². The summed E-state index contributed by atoms with van der Waals surface area (Å²) in [5.74, 6) is 1.25. The van der Waals surface area contributed by atoms with Crippen LogP contribution in [0.25, 0.3) is 0 Å². The van der Waals surface area contributed by atoms with E-state index in [1.165, 1.54) is 0 Å². The number of hydrogen-bond acceptors (Lipinski definition) is 4. The SMILES string of the molecule is CCCOc1ccccc1C(CC(C)C)NC(=O)[C@@H]1CC[C@H](CN)O1. The van der Waals surface area contributed by atoms with E-state index < -0.39 is 6.10 Å². The zero-order valence-corrected chi connectivity index (χ0v) is 15.7. The van der Waals surface area contributed by atoms with Crippen LogP contribution in [0.2, 0.25) is 0 Å². The first-order chi connectivity index (χ1) is 12.0. The third-order valence-corrected chi connectivity index (χ3v) is 4.44. The first-order valence-electron chi connectivity index (χ1n) is 9.42. The molecule has 1 fully saturated rings. The molecule has 1 heterocycles. The van der Waals surface area contributed by atoms with Crippen LogP contribution in [-0.4, -0.2) is 31.3 Å². The van der Waals surface area contributed by atoms with Crippen LogP contribution in [0.4, 0.5) is 0 Å². The summed E-state index contributed by atoms with van der Waals surface area (Å²) in [6.07, 6.45) is 2.99. The van der Waals surface area contributed by atoms with Gasteiger partial charge in [0, 0.05) is 12.1 Å². The minimum Gasteiger partial charge on any atom is -0.493 e. The van der Waals surface area contributed by atoms with Gasteiger partial charge in [-0.3, -0.25) is 4.79 Å². The smallest absolute Gasteiger partial charge is 0.249 e. The van der Waals surface area contributed by atoms with E-state index in [9.17, 15) is 4.79 Å². The van der Waals surface area contributed by atoms with Gasteiger partial charge in [-0.15, -0.1) is 0 Å². The van der Waals surface area contributed by atoms with Gasteiger partial charge in [0.2, 0.25) is 5.91 Å². The molecular weight excluding hydrogens is 316 g/mol. The highest BCUT2D eigenvalue weighted by Gasteiger charge is 2.31. The molecule has 1 saturated heterocycles. The molecule has 1 unspecified atom stereocenters. The maximum atomic E-state index is 12.7. The Morgan fingerprint density at radius 2 is 2.12 bits per heavy atom. The Hall–Kier alpha value is -1.59. The molecule has 0 bridgehead atoms. The quantitative estimate of drug-likeness (QED) is 0.719. The van der Waals surface area contributed by atoms with Crippen molar-refractivity contribution in [3.63, 3.8) is 0 Å². The molecule has 0 saturated carbocycles. The summed E-state index contributed by atoms with van der Waals surface area (Å²) in [5.41, 5.74) is 6.68. The Bertz CT molecular complexity index is 547. The normalized spacial score (nSPS) is 21.3. The number of nitrogens with one attached hydrogen (secondary N) is 1. The van der Waals surface area contributed by atoms with Crippen molar-refractivity contribution >= 4 is 5.91 Å². The Labute approximate surface area is 151 Å². The van der Waals surface area contributed by atoms with Gasteiger partial charge in [0.1, 0.15) is 11.9 Å². The summed E-state index contributed by atoms with van der Waals surface area (Å²) >= 11 is 0. The summed E-state index contributed by atoms with van der Waals surface area (Å²) in [6, 6.07) is 7.89. The van der Waals surface area contributed by atoms with Crippen LogP contribution in [0, 0.1) is 5.92 Å². The first kappa shape index (κ1) is 19.7. The first-order valence-corrected chi connectivity index (χ1v) is 9.42. The van der Waals surface area contributed by atoms with Crippen molar-refractivity contribution in [2.45, 2.75) is 64.7 Å². The van der Waals surface area contributed by atoms with Crippen LogP contribution in [0.1, 0.15) is 58.1 Å². The largest absolute Gasteiger partial charge is 0.493 e. The molecule has 2 rings (SSSR count). The number of carbonyl (C=O) groups excluding carboxylic acids is 1. The van der Waals surface area contributed by atoms with Crippen molar-refractivity contribution in [3.05, 3.63) is 29.8 Å². The van der Waals surface area contributed by atoms with Gasteiger partial charge in [-0.1, -0.05) is 39.0 Å². The molecule has 1 aromatic rings. The molecule has 0 radical (unpaired) electrons. The van der Waals surface area contributed by atoms with Gasteiger partial charge in [0.15, 0.2) is 0 Å². The van der Waals surface area contributed by atoms with E-state index in [-0.39, 0.29) is 18.1 Å². The van der Waals surface area contributed by atoms with E-state index in [2.05, 4.69) is 26.1 Å². The van der Waals surface area contributed by atoms with Crippen molar-refractivity contribution in [3.8, 4) is 5.75 Å². The molecule has 3 atom stereocenters. The molecule has 5 heteroatoms. The zero-order valence-electron chi connectivity index (χ0n) is 15.7. The number of rotatable bonds is 9. The average Bonchev–Trinajstić information content (AvgIpc) is 3.08. The average molecular weight is 348 g/mol. The molecular formula is C20H32N2O3. The fraction of sp³-hybridized carbons (Fsp3) is 0.650. The van der Waals surface area contributed by atoms with Crippen molar-refractivity contribution in [1.82, 2.24) is 5.32 Å². The predicted molar refractivity (Wildman–Crippen MR) is 99.5 cm³/mol. The van der Waals surface area contributed by atoms with E-state index >= 15 is 0 Å². The van der Waals surface area contributed by atoms with Gasteiger partial charge in [0.05, 0.1) is 18.8 Å². The molecule has 0 aliphatic carbocycles. The summed E-state index contributed by atoms with van der Waals surface area (Å²) in [4.78, 5) is 12.7. The van der Waals surface area contributed by atoms with Gasteiger partial charge >= 0.3 is 0 Å². The van der Waals surface area contributed by atoms with Crippen LogP contribution in [-0.2, 0) is 9.53 Å². The molecule has 1 amide bonds. The Morgan fingerprint density at radius 3 is 2.76 bits per heavy atom. The van der Waals surface area contributed by atoms with Crippen molar-refractivity contribution < 1.29 is 14.3 Å². The van der Waals surface area contributed by atoms with Crippen LogP contribution >= 0.6 is 0 Å². The molecule has 140 valence electrons. The Balaban J connectivity index is 2.12. The third kappa shape index (κ3) is 5.72. The second-order valence-electron chi connectivity index (χ2n) is 7.14. The lowest BCUT2D eigenvalue weighted by atomic mass is 9.96. The number of carbonyl (C=O) groups is 1. The number of hydrogen-bond donors (Lipinski definition) is 2. The van der Waals surface area contributed by atoms with E-state index in [0.717, 1.165) is 37.0 Å². The molecule has 1 aliphatic heterocycles. The highest BCUT2D eigenvalue weighted by atomic mass is 16.5. The Morgan fingerprint density at radius 1 is 1.36 bits per heavy atom. The third-order valence-electron chi connectivity index (χ3n) is 4.44. The number of nitrogens with two attached hydrogens (primary N) is 1. The van der Waals surface area contributed by atoms with Crippen LogP contribution in [0.15, 0.2) is 24.3 Å². The van der Waals surface area contributed by atoms with Gasteiger partial charge in [-0.2, -0.15) is 0 Å². The van der Waals surface area contributed by atoms with Crippen LogP contribution < -0.4 is 15.8 Å². The second-order valence-corrected chi connectivity index (χ2v) is 7.14. The molecule has 25 heavy (non-hydrogen) atoms. The summed E-state index contributed by atoms with van der Waals surface area (Å²) in [5, 5.41) is 3.18. The van der Waals surface area contributed by atoms with E-state index in [1.807, 2.05) is 24.3 Å². The maximum Gasteiger partial charge on any atom is 0.249 e. The minimum absolute atomic E-state index is 0.000488. The minimum atomic E-state index is -0.396. The van der Waals surface area contributed by atoms with E-state index in [0.29, 0.717) is 19.1 Å². The lowest BCUT2D eigenvalue weighted by Crippen LogP contribution is -2.38. The van der Waals surface area contributed by atoms with E-state index in [4.69, 9.17) is 15.2 Å². The fourth-order valence-corrected chi connectivity index (χ4v) is 3.18. The van der Waals surface area contributed by atoms with Gasteiger partial charge < -0.3 is 20.5 Å². The monoisotopic (exact) mass is 348 g/mol. The molecule has 0 spiro atoms. The fourth-order valence-electron chi connectivity index (χ4n) is 3.18. The highest BCUT2D eigenvalue weighted by Crippen LogP contribution is 2.30. The standard InChI is InChI=1S/C20H32N2O3/c1-4-11-24-18-8-6-5-7-16(18)17(12-14(2)3)22-20(23)19-10-9-15(13-21)25-19/h5-8,14-15,17,19H,4,9-13,21H2,1-3H3,(H,22,23)/t15-,17?,19+/m1/s1. The Kier molecular flexibility index (Phi) is 7.72. The molecule has 1 aliphatic rings. The summed E-state index contributed by atoms with van der Waals surface area (Å²) < 4.78 is 11.6. The summed E-state index contributed by atoms with van der Waals surface area (Å²) in [6.45, 7) is 7.54. The van der Waals surface area contributed by atoms with Crippen molar-refractivity contribution in [1.29, 1.82) is 0 Å². The lowest BCUT2D eigenvalue weighted by molar-refractivity contribution is -0.132. The highest BCUT2D eigenvalue weighted by molar-refractivity contribution is 5.81. The van der Waals surface area contributed by atoms with Gasteiger partial charge in [-0.05, 0) is 37.7 Å². The molecule has 0 aromatic heterocycles. The van der Waals surface area contributed by atoms with E-state index in [1.54, 1.807) is 0 Å². The second kappa shape index (κ2) is 9.78.